The second kappa shape index (κ2) is 1.76. The number of rotatable bonds is 1. The SMILES string of the molecule is CC[C@H]1NCC2C1C2(C)C. The first-order valence-corrected chi connectivity index (χ1v) is 4.41. The molecule has 58 valence electrons. The van der Waals surface area contributed by atoms with Gasteiger partial charge in [-0.25, -0.2) is 0 Å². The van der Waals surface area contributed by atoms with Crippen LogP contribution < -0.4 is 5.32 Å². The number of hydrogen-bond acceptors (Lipinski definition) is 1. The number of nitrogens with one attached hydrogen (secondary N) is 1. The standard InChI is InChI=1S/C9H17N/c1-4-7-8-6(5-10-7)9(8,2)3/h6-8,10H,4-5H2,1-3H3/t6?,7-,8?/m1/s1. The van der Waals surface area contributed by atoms with Crippen LogP contribution in [0.3, 0.4) is 0 Å². The maximum Gasteiger partial charge on any atom is 0.0101 e. The zero-order chi connectivity index (χ0) is 7.35. The molecular weight excluding hydrogens is 122 g/mol. The molecule has 0 aromatic rings. The lowest BCUT2D eigenvalue weighted by molar-refractivity contribution is 0.394. The molecule has 10 heavy (non-hydrogen) atoms. The van der Waals surface area contributed by atoms with Crippen LogP contribution in [0.15, 0.2) is 0 Å². The third-order valence-electron chi connectivity index (χ3n) is 3.61. The van der Waals surface area contributed by atoms with Crippen molar-refractivity contribution in [1.29, 1.82) is 0 Å². The van der Waals surface area contributed by atoms with Gasteiger partial charge < -0.3 is 5.32 Å². The molecule has 2 aliphatic rings. The zero-order valence-corrected chi connectivity index (χ0v) is 7.15. The van der Waals surface area contributed by atoms with Crippen LogP contribution in [0.1, 0.15) is 27.2 Å². The third kappa shape index (κ3) is 0.619. The van der Waals surface area contributed by atoms with Gasteiger partial charge in [-0.1, -0.05) is 20.8 Å². The lowest BCUT2D eigenvalue weighted by Gasteiger charge is -2.16. The molecule has 0 radical (unpaired) electrons. The molecule has 1 saturated carbocycles. The Morgan fingerprint density at radius 3 is 2.50 bits per heavy atom. The molecule has 0 amide bonds. The molecule has 1 saturated heterocycles. The van der Waals surface area contributed by atoms with E-state index in [4.69, 9.17) is 0 Å². The third-order valence-corrected chi connectivity index (χ3v) is 3.61. The van der Waals surface area contributed by atoms with Crippen molar-refractivity contribution in [2.45, 2.75) is 33.2 Å². The summed E-state index contributed by atoms with van der Waals surface area (Å²) in [6.07, 6.45) is 1.31. The topological polar surface area (TPSA) is 12.0 Å². The van der Waals surface area contributed by atoms with Gasteiger partial charge in [0.1, 0.15) is 0 Å². The van der Waals surface area contributed by atoms with E-state index in [2.05, 4.69) is 26.1 Å². The first kappa shape index (κ1) is 6.66. The Morgan fingerprint density at radius 1 is 1.50 bits per heavy atom. The van der Waals surface area contributed by atoms with Crippen molar-refractivity contribution in [3.8, 4) is 0 Å². The summed E-state index contributed by atoms with van der Waals surface area (Å²) < 4.78 is 0. The van der Waals surface area contributed by atoms with Crippen LogP contribution in [0, 0.1) is 17.3 Å². The van der Waals surface area contributed by atoms with Crippen LogP contribution in [0.5, 0.6) is 0 Å². The molecule has 0 bridgehead atoms. The van der Waals surface area contributed by atoms with E-state index >= 15 is 0 Å². The monoisotopic (exact) mass is 139 g/mol. The highest BCUT2D eigenvalue weighted by Crippen LogP contribution is 2.62. The van der Waals surface area contributed by atoms with Gasteiger partial charge in [0.25, 0.3) is 0 Å². The van der Waals surface area contributed by atoms with E-state index in [9.17, 15) is 0 Å². The smallest absolute Gasteiger partial charge is 0.0101 e. The maximum atomic E-state index is 3.56. The van der Waals surface area contributed by atoms with E-state index < -0.39 is 0 Å². The molecule has 1 heterocycles. The van der Waals surface area contributed by atoms with Crippen molar-refractivity contribution >= 4 is 0 Å². The van der Waals surface area contributed by atoms with Gasteiger partial charge >= 0.3 is 0 Å². The van der Waals surface area contributed by atoms with Crippen LogP contribution in [0.4, 0.5) is 0 Å². The molecule has 1 N–H and O–H groups in total. The van der Waals surface area contributed by atoms with Gasteiger partial charge in [0, 0.05) is 6.04 Å². The summed E-state index contributed by atoms with van der Waals surface area (Å²) in [7, 11) is 0. The Bertz CT molecular complexity index is 151. The van der Waals surface area contributed by atoms with Crippen LogP contribution in [-0.4, -0.2) is 12.6 Å². The Morgan fingerprint density at radius 2 is 2.20 bits per heavy atom. The molecule has 2 unspecified atom stereocenters. The Labute approximate surface area is 63.2 Å². The summed E-state index contributed by atoms with van der Waals surface area (Å²) in [6, 6.07) is 0.833. The van der Waals surface area contributed by atoms with Gasteiger partial charge in [-0.15, -0.1) is 0 Å². The molecule has 1 aliphatic carbocycles. The summed E-state index contributed by atoms with van der Waals surface area (Å²) in [5.41, 5.74) is 0.673. The van der Waals surface area contributed by atoms with E-state index in [0.29, 0.717) is 5.41 Å². The van der Waals surface area contributed by atoms with Gasteiger partial charge in [-0.3, -0.25) is 0 Å². The van der Waals surface area contributed by atoms with Crippen molar-refractivity contribution in [2.75, 3.05) is 6.54 Å². The fourth-order valence-corrected chi connectivity index (χ4v) is 2.78. The molecule has 0 spiro atoms. The van der Waals surface area contributed by atoms with Gasteiger partial charge in [0.05, 0.1) is 0 Å². The highest BCUT2D eigenvalue weighted by molar-refractivity contribution is 5.14. The first-order chi connectivity index (χ1) is 4.68. The lowest BCUT2D eigenvalue weighted by Crippen LogP contribution is -2.29. The van der Waals surface area contributed by atoms with Gasteiger partial charge in [0.2, 0.25) is 0 Å². The number of fused-ring (bicyclic) bond motifs is 1. The number of hydrogen-bond donors (Lipinski definition) is 1. The van der Waals surface area contributed by atoms with Gasteiger partial charge in [-0.05, 0) is 30.2 Å². The zero-order valence-electron chi connectivity index (χ0n) is 7.15. The van der Waals surface area contributed by atoms with Gasteiger partial charge in [0.15, 0.2) is 0 Å². The predicted molar refractivity (Wildman–Crippen MR) is 42.8 cm³/mol. The normalized spacial score (nSPS) is 48.9. The van der Waals surface area contributed by atoms with E-state index in [-0.39, 0.29) is 0 Å². The first-order valence-electron chi connectivity index (χ1n) is 4.41. The summed E-state index contributed by atoms with van der Waals surface area (Å²) in [6.45, 7) is 8.38. The van der Waals surface area contributed by atoms with Crippen molar-refractivity contribution in [1.82, 2.24) is 5.32 Å². The van der Waals surface area contributed by atoms with E-state index in [0.717, 1.165) is 17.9 Å². The Hall–Kier alpha value is -0.0400. The highest BCUT2D eigenvalue weighted by atomic mass is 15.0. The molecule has 0 aromatic carbocycles. The minimum Gasteiger partial charge on any atom is -0.313 e. The quantitative estimate of drug-likeness (QED) is 0.582. The van der Waals surface area contributed by atoms with E-state index in [1.165, 1.54) is 13.0 Å². The summed E-state index contributed by atoms with van der Waals surface area (Å²) >= 11 is 0. The molecule has 3 atom stereocenters. The molecule has 2 fully saturated rings. The van der Waals surface area contributed by atoms with Crippen LogP contribution in [-0.2, 0) is 0 Å². The average molecular weight is 139 g/mol. The Balaban J connectivity index is 2.07. The molecular formula is C9H17N. The molecule has 1 heteroatoms. The number of piperidine rings is 1. The van der Waals surface area contributed by atoms with Crippen LogP contribution in [0.25, 0.3) is 0 Å². The molecule has 0 aromatic heterocycles. The summed E-state index contributed by atoms with van der Waals surface area (Å²) in [5, 5.41) is 3.56. The van der Waals surface area contributed by atoms with Crippen molar-refractivity contribution in [2.24, 2.45) is 17.3 Å². The van der Waals surface area contributed by atoms with Crippen molar-refractivity contribution in [3.05, 3.63) is 0 Å². The minimum absolute atomic E-state index is 0.673. The van der Waals surface area contributed by atoms with E-state index in [1.807, 2.05) is 0 Å². The fourth-order valence-electron chi connectivity index (χ4n) is 2.78. The fraction of sp³-hybridized carbons (Fsp3) is 1.00. The maximum absolute atomic E-state index is 3.56. The van der Waals surface area contributed by atoms with E-state index in [1.54, 1.807) is 0 Å². The lowest BCUT2D eigenvalue weighted by atomic mass is 10.0. The predicted octanol–water partition coefficient (Wildman–Crippen LogP) is 1.64. The summed E-state index contributed by atoms with van der Waals surface area (Å²) in [5.74, 6) is 2.00. The molecule has 1 nitrogen and oxygen atoms in total. The minimum atomic E-state index is 0.673. The molecule has 2 rings (SSSR count). The summed E-state index contributed by atoms with van der Waals surface area (Å²) in [4.78, 5) is 0. The average Bonchev–Trinajstić information content (AvgIpc) is 2.28. The highest BCUT2D eigenvalue weighted by Gasteiger charge is 2.63. The van der Waals surface area contributed by atoms with Gasteiger partial charge in [-0.2, -0.15) is 0 Å². The van der Waals surface area contributed by atoms with Crippen LogP contribution in [0.2, 0.25) is 0 Å². The largest absolute Gasteiger partial charge is 0.313 e. The molecule has 1 aliphatic heterocycles. The second-order valence-corrected chi connectivity index (χ2v) is 4.38. The Kier molecular flexibility index (Phi) is 1.17. The second-order valence-electron chi connectivity index (χ2n) is 4.38. The van der Waals surface area contributed by atoms with Crippen molar-refractivity contribution < 1.29 is 0 Å². The van der Waals surface area contributed by atoms with Crippen molar-refractivity contribution in [3.63, 3.8) is 0 Å². The van der Waals surface area contributed by atoms with Crippen LogP contribution >= 0.6 is 0 Å².